The van der Waals surface area contributed by atoms with E-state index in [1.165, 1.54) is 5.56 Å². The van der Waals surface area contributed by atoms with Crippen LogP contribution in [0.2, 0.25) is 0 Å². The molecule has 1 N–H and O–H groups in total. The molecule has 2 aromatic heterocycles. The summed E-state index contributed by atoms with van der Waals surface area (Å²) in [6, 6.07) is 21.8. The molecule has 5 rings (SSSR count). The van der Waals surface area contributed by atoms with Gasteiger partial charge in [-0.25, -0.2) is 4.98 Å². The Bertz CT molecular complexity index is 1210. The fourth-order valence-electron chi connectivity index (χ4n) is 3.96. The van der Waals surface area contributed by atoms with Crippen molar-refractivity contribution in [3.8, 4) is 10.8 Å². The first-order valence-electron chi connectivity index (χ1n) is 10.7. The molecule has 0 radical (unpaired) electrons. The molecule has 1 aliphatic rings. The lowest BCUT2D eigenvalue weighted by atomic mass is 10.1. The quantitative estimate of drug-likeness (QED) is 0.461. The average molecular weight is 446 g/mol. The van der Waals surface area contributed by atoms with Crippen molar-refractivity contribution >= 4 is 33.4 Å². The minimum atomic E-state index is -0.322. The van der Waals surface area contributed by atoms with Gasteiger partial charge in [-0.3, -0.25) is 9.59 Å². The monoisotopic (exact) mass is 445 g/mol. The zero-order valence-electron chi connectivity index (χ0n) is 17.5. The summed E-state index contributed by atoms with van der Waals surface area (Å²) in [6.07, 6.45) is 1.05. The maximum absolute atomic E-state index is 12.6. The first kappa shape index (κ1) is 20.5. The topological polar surface area (TPSA) is 75.4 Å². The van der Waals surface area contributed by atoms with Crippen LogP contribution >= 0.6 is 11.3 Å². The SMILES string of the molecule is O=C(NCc1ccc(-c2nc3ccccc3s2)o1)C1CC(=O)N(CCc2ccccc2)C1. The van der Waals surface area contributed by atoms with Crippen molar-refractivity contribution in [2.24, 2.45) is 5.92 Å². The number of likely N-dealkylation sites (tertiary alicyclic amines) is 1. The van der Waals surface area contributed by atoms with Gasteiger partial charge in [0.05, 0.1) is 22.7 Å². The Morgan fingerprint density at radius 2 is 1.91 bits per heavy atom. The predicted octanol–water partition coefficient (Wildman–Crippen LogP) is 4.26. The maximum Gasteiger partial charge on any atom is 0.225 e. The van der Waals surface area contributed by atoms with Crippen molar-refractivity contribution in [3.63, 3.8) is 0 Å². The van der Waals surface area contributed by atoms with E-state index in [4.69, 9.17) is 4.42 Å². The molecule has 1 atom stereocenters. The molecule has 1 aliphatic heterocycles. The molecule has 3 heterocycles. The Balaban J connectivity index is 1.14. The lowest BCUT2D eigenvalue weighted by Gasteiger charge is -2.16. The third kappa shape index (κ3) is 4.43. The summed E-state index contributed by atoms with van der Waals surface area (Å²) in [5, 5.41) is 3.74. The summed E-state index contributed by atoms with van der Waals surface area (Å²) in [5.74, 6) is 0.962. The van der Waals surface area contributed by atoms with Crippen molar-refractivity contribution < 1.29 is 14.0 Å². The smallest absolute Gasteiger partial charge is 0.225 e. The van der Waals surface area contributed by atoms with Crippen LogP contribution in [-0.2, 0) is 22.6 Å². The number of hydrogen-bond acceptors (Lipinski definition) is 5. The number of fused-ring (bicyclic) bond motifs is 1. The number of hydrogen-bond donors (Lipinski definition) is 1. The number of aromatic nitrogens is 1. The van der Waals surface area contributed by atoms with Gasteiger partial charge in [0.1, 0.15) is 5.76 Å². The van der Waals surface area contributed by atoms with E-state index in [9.17, 15) is 9.59 Å². The van der Waals surface area contributed by atoms with E-state index in [1.807, 2.05) is 54.6 Å². The molecule has 2 aromatic carbocycles. The summed E-state index contributed by atoms with van der Waals surface area (Å²) < 4.78 is 7.01. The second kappa shape index (κ2) is 8.96. The molecule has 1 fully saturated rings. The third-order valence-electron chi connectivity index (χ3n) is 5.70. The highest BCUT2D eigenvalue weighted by atomic mass is 32.1. The van der Waals surface area contributed by atoms with Gasteiger partial charge < -0.3 is 14.6 Å². The van der Waals surface area contributed by atoms with Crippen molar-refractivity contribution in [3.05, 3.63) is 78.1 Å². The number of amides is 2. The van der Waals surface area contributed by atoms with Gasteiger partial charge >= 0.3 is 0 Å². The first-order valence-corrected chi connectivity index (χ1v) is 11.5. The van der Waals surface area contributed by atoms with Gasteiger partial charge in [-0.15, -0.1) is 11.3 Å². The molecule has 7 heteroatoms. The second-order valence-electron chi connectivity index (χ2n) is 7.95. The summed E-state index contributed by atoms with van der Waals surface area (Å²) in [7, 11) is 0. The van der Waals surface area contributed by atoms with Gasteiger partial charge in [-0.1, -0.05) is 42.5 Å². The number of carbonyl (C=O) groups is 2. The third-order valence-corrected chi connectivity index (χ3v) is 6.75. The maximum atomic E-state index is 12.6. The number of para-hydroxylation sites is 1. The Hall–Kier alpha value is -3.45. The van der Waals surface area contributed by atoms with E-state index in [0.717, 1.165) is 21.6 Å². The Morgan fingerprint density at radius 3 is 2.75 bits per heavy atom. The Labute approximate surface area is 189 Å². The van der Waals surface area contributed by atoms with Crippen molar-refractivity contribution in [1.82, 2.24) is 15.2 Å². The van der Waals surface area contributed by atoms with Gasteiger partial charge in [-0.2, -0.15) is 0 Å². The lowest BCUT2D eigenvalue weighted by molar-refractivity contribution is -0.129. The van der Waals surface area contributed by atoms with Crippen LogP contribution in [-0.4, -0.2) is 34.8 Å². The molecule has 0 bridgehead atoms. The highest BCUT2D eigenvalue weighted by molar-refractivity contribution is 7.21. The van der Waals surface area contributed by atoms with E-state index in [2.05, 4.69) is 22.4 Å². The molecular formula is C25H23N3O3S. The van der Waals surface area contributed by atoms with E-state index in [-0.39, 0.29) is 24.2 Å². The van der Waals surface area contributed by atoms with Crippen LogP contribution in [0.15, 0.2) is 71.1 Å². The molecule has 1 unspecified atom stereocenters. The minimum Gasteiger partial charge on any atom is -0.457 e. The van der Waals surface area contributed by atoms with Gasteiger partial charge in [0.2, 0.25) is 11.8 Å². The van der Waals surface area contributed by atoms with E-state index >= 15 is 0 Å². The van der Waals surface area contributed by atoms with Gasteiger partial charge in [0, 0.05) is 19.5 Å². The van der Waals surface area contributed by atoms with Crippen molar-refractivity contribution in [2.45, 2.75) is 19.4 Å². The zero-order valence-corrected chi connectivity index (χ0v) is 18.3. The molecular weight excluding hydrogens is 422 g/mol. The highest BCUT2D eigenvalue weighted by Crippen LogP contribution is 2.31. The number of benzene rings is 2. The molecule has 0 spiro atoms. The molecule has 6 nitrogen and oxygen atoms in total. The van der Waals surface area contributed by atoms with Crippen molar-refractivity contribution in [1.29, 1.82) is 0 Å². The predicted molar refractivity (Wildman–Crippen MR) is 124 cm³/mol. The molecule has 32 heavy (non-hydrogen) atoms. The van der Waals surface area contributed by atoms with Crippen LogP contribution in [0.4, 0.5) is 0 Å². The summed E-state index contributed by atoms with van der Waals surface area (Å²) in [4.78, 5) is 31.4. The van der Waals surface area contributed by atoms with E-state index < -0.39 is 0 Å². The van der Waals surface area contributed by atoms with Gasteiger partial charge in [-0.05, 0) is 36.2 Å². The Kier molecular flexibility index (Phi) is 5.73. The highest BCUT2D eigenvalue weighted by Gasteiger charge is 2.33. The Morgan fingerprint density at radius 1 is 1.09 bits per heavy atom. The average Bonchev–Trinajstić information content (AvgIpc) is 3.54. The number of nitrogens with zero attached hydrogens (tertiary/aromatic N) is 2. The largest absolute Gasteiger partial charge is 0.457 e. The molecule has 1 saturated heterocycles. The fourth-order valence-corrected chi connectivity index (χ4v) is 4.88. The molecule has 0 saturated carbocycles. The van der Waals surface area contributed by atoms with Gasteiger partial charge in [0.15, 0.2) is 10.8 Å². The van der Waals surface area contributed by atoms with Gasteiger partial charge in [0.25, 0.3) is 0 Å². The van der Waals surface area contributed by atoms with E-state index in [0.29, 0.717) is 31.2 Å². The lowest BCUT2D eigenvalue weighted by Crippen LogP contribution is -2.33. The van der Waals surface area contributed by atoms with E-state index in [1.54, 1.807) is 16.2 Å². The normalized spacial score (nSPS) is 16.1. The summed E-state index contributed by atoms with van der Waals surface area (Å²) in [6.45, 7) is 1.39. The standard InChI is InChI=1S/C25H23N3O3S/c29-23-14-18(16-28(23)13-12-17-6-2-1-3-7-17)24(30)26-15-19-10-11-21(31-19)25-27-20-8-4-5-9-22(20)32-25/h1-11,18H,12-16H2,(H,26,30). The minimum absolute atomic E-state index is 0.0391. The molecule has 2 amide bonds. The van der Waals surface area contributed by atoms with Crippen molar-refractivity contribution in [2.75, 3.05) is 13.1 Å². The van der Waals surface area contributed by atoms with Crippen LogP contribution in [0, 0.1) is 5.92 Å². The number of furan rings is 1. The fraction of sp³-hybridized carbons (Fsp3) is 0.240. The van der Waals surface area contributed by atoms with Crippen LogP contribution < -0.4 is 5.32 Å². The molecule has 4 aromatic rings. The number of rotatable bonds is 7. The second-order valence-corrected chi connectivity index (χ2v) is 8.98. The number of thiazole rings is 1. The van der Waals surface area contributed by atoms with Crippen LogP contribution in [0.25, 0.3) is 21.0 Å². The number of nitrogens with one attached hydrogen (secondary N) is 1. The summed E-state index contributed by atoms with van der Waals surface area (Å²) >= 11 is 1.58. The van der Waals surface area contributed by atoms with Crippen LogP contribution in [0.5, 0.6) is 0 Å². The first-order chi connectivity index (χ1) is 15.7. The van der Waals surface area contributed by atoms with Crippen LogP contribution in [0.1, 0.15) is 17.7 Å². The van der Waals surface area contributed by atoms with Crippen LogP contribution in [0.3, 0.4) is 0 Å². The molecule has 0 aliphatic carbocycles. The zero-order chi connectivity index (χ0) is 21.9. The number of carbonyl (C=O) groups excluding carboxylic acids is 2. The summed E-state index contributed by atoms with van der Waals surface area (Å²) in [5.41, 5.74) is 2.14. The molecule has 162 valence electrons.